The van der Waals surface area contributed by atoms with E-state index in [1.807, 2.05) is 36.1 Å². The van der Waals surface area contributed by atoms with E-state index in [-0.39, 0.29) is 11.3 Å². The number of ether oxygens (including phenoxy) is 1. The topological polar surface area (TPSA) is 45.9 Å². The van der Waals surface area contributed by atoms with E-state index in [2.05, 4.69) is 19.0 Å². The molecule has 2 aromatic rings. The van der Waals surface area contributed by atoms with Crippen molar-refractivity contribution in [3.05, 3.63) is 35.6 Å². The lowest BCUT2D eigenvalue weighted by atomic mass is 9.81. The van der Waals surface area contributed by atoms with E-state index >= 15 is 0 Å². The predicted octanol–water partition coefficient (Wildman–Crippen LogP) is 2.39. The Morgan fingerprint density at radius 2 is 2.17 bits per heavy atom. The van der Waals surface area contributed by atoms with Gasteiger partial charge in [-0.15, -0.1) is 0 Å². The molecule has 128 valence electrons. The number of aryl methyl sites for hydroxylation is 1. The van der Waals surface area contributed by atoms with Gasteiger partial charge >= 0.3 is 0 Å². The zero-order valence-electron chi connectivity index (χ0n) is 14.5. The number of fused-ring (bicyclic) bond motifs is 2. The SMILES string of the molecule is Cc1c(C(=O)N2C[C@@H]3COC[C@]3(CN(C)C)C2)oc2ccccc12. The molecule has 0 N–H and O–H groups in total. The summed E-state index contributed by atoms with van der Waals surface area (Å²) in [7, 11) is 4.16. The summed E-state index contributed by atoms with van der Waals surface area (Å²) in [6.07, 6.45) is 0. The van der Waals surface area contributed by atoms with Gasteiger partial charge in [-0.25, -0.2) is 0 Å². The summed E-state index contributed by atoms with van der Waals surface area (Å²) in [5.74, 6) is 0.905. The largest absolute Gasteiger partial charge is 0.451 e. The van der Waals surface area contributed by atoms with Crippen LogP contribution in [0.5, 0.6) is 0 Å². The third kappa shape index (κ3) is 2.34. The first-order valence-electron chi connectivity index (χ1n) is 8.50. The van der Waals surface area contributed by atoms with Crippen molar-refractivity contribution in [2.45, 2.75) is 6.92 Å². The number of furan rings is 1. The number of carbonyl (C=O) groups excluding carboxylic acids is 1. The van der Waals surface area contributed by atoms with Gasteiger partial charge in [-0.3, -0.25) is 4.79 Å². The average Bonchev–Trinajstić information content (AvgIpc) is 3.17. The molecule has 1 aromatic heterocycles. The lowest BCUT2D eigenvalue weighted by Crippen LogP contribution is -2.41. The van der Waals surface area contributed by atoms with Gasteiger partial charge in [0.05, 0.1) is 13.2 Å². The van der Waals surface area contributed by atoms with E-state index in [1.54, 1.807) is 0 Å². The zero-order valence-corrected chi connectivity index (χ0v) is 14.5. The summed E-state index contributed by atoms with van der Waals surface area (Å²) >= 11 is 0. The van der Waals surface area contributed by atoms with Crippen LogP contribution in [0.1, 0.15) is 16.1 Å². The maximum absolute atomic E-state index is 13.1. The molecule has 0 unspecified atom stereocenters. The molecule has 0 saturated carbocycles. The molecule has 0 radical (unpaired) electrons. The van der Waals surface area contributed by atoms with E-state index in [9.17, 15) is 4.79 Å². The van der Waals surface area contributed by atoms with E-state index in [4.69, 9.17) is 9.15 Å². The van der Waals surface area contributed by atoms with E-state index in [0.29, 0.717) is 11.7 Å². The van der Waals surface area contributed by atoms with Gasteiger partial charge in [0, 0.05) is 41.9 Å². The highest BCUT2D eigenvalue weighted by Crippen LogP contribution is 2.42. The molecule has 2 fully saturated rings. The van der Waals surface area contributed by atoms with Gasteiger partial charge in [0.25, 0.3) is 5.91 Å². The number of rotatable bonds is 3. The molecule has 0 spiro atoms. The molecule has 1 aromatic carbocycles. The maximum Gasteiger partial charge on any atom is 0.289 e. The zero-order chi connectivity index (χ0) is 16.9. The van der Waals surface area contributed by atoms with Gasteiger partial charge in [0.15, 0.2) is 5.76 Å². The summed E-state index contributed by atoms with van der Waals surface area (Å²) in [4.78, 5) is 17.2. The van der Waals surface area contributed by atoms with Gasteiger partial charge in [-0.2, -0.15) is 0 Å². The third-order valence-electron chi connectivity index (χ3n) is 5.48. The van der Waals surface area contributed by atoms with E-state index < -0.39 is 0 Å². The monoisotopic (exact) mass is 328 g/mol. The van der Waals surface area contributed by atoms with Crippen molar-refractivity contribution in [2.24, 2.45) is 11.3 Å². The van der Waals surface area contributed by atoms with Gasteiger partial charge in [-0.1, -0.05) is 18.2 Å². The second kappa shape index (κ2) is 5.60. The highest BCUT2D eigenvalue weighted by molar-refractivity contribution is 5.99. The number of nitrogens with zero attached hydrogens (tertiary/aromatic N) is 2. The van der Waals surface area contributed by atoms with Crippen LogP contribution in [0, 0.1) is 18.3 Å². The summed E-state index contributed by atoms with van der Waals surface area (Å²) in [5, 5.41) is 1.02. The number of amides is 1. The number of benzene rings is 1. The number of likely N-dealkylation sites (tertiary alicyclic amines) is 1. The van der Waals surface area contributed by atoms with Crippen LogP contribution in [-0.4, -0.2) is 62.7 Å². The average molecular weight is 328 g/mol. The number of hydrogen-bond acceptors (Lipinski definition) is 4. The van der Waals surface area contributed by atoms with Crippen molar-refractivity contribution >= 4 is 16.9 Å². The molecule has 2 aliphatic heterocycles. The normalized spacial score (nSPS) is 26.5. The van der Waals surface area contributed by atoms with Gasteiger partial charge in [-0.05, 0) is 27.1 Å². The first-order chi connectivity index (χ1) is 11.5. The Bertz CT molecular complexity index is 782. The highest BCUT2D eigenvalue weighted by atomic mass is 16.5. The fourth-order valence-electron chi connectivity index (χ4n) is 4.36. The van der Waals surface area contributed by atoms with Crippen LogP contribution in [-0.2, 0) is 4.74 Å². The van der Waals surface area contributed by atoms with Crippen molar-refractivity contribution in [3.63, 3.8) is 0 Å². The lowest BCUT2D eigenvalue weighted by Gasteiger charge is -2.30. The van der Waals surface area contributed by atoms with Crippen LogP contribution in [0.2, 0.25) is 0 Å². The van der Waals surface area contributed by atoms with Crippen LogP contribution in [0.15, 0.2) is 28.7 Å². The molecule has 24 heavy (non-hydrogen) atoms. The Hall–Kier alpha value is -1.85. The molecule has 2 atom stereocenters. The Balaban J connectivity index is 1.62. The second-order valence-electron chi connectivity index (χ2n) is 7.55. The minimum Gasteiger partial charge on any atom is -0.451 e. The van der Waals surface area contributed by atoms with Crippen molar-refractivity contribution in [3.8, 4) is 0 Å². The number of para-hydroxylation sites is 1. The summed E-state index contributed by atoms with van der Waals surface area (Å²) < 4.78 is 11.6. The molecular weight excluding hydrogens is 304 g/mol. The minimum atomic E-state index is 0.0104. The highest BCUT2D eigenvalue weighted by Gasteiger charge is 2.52. The van der Waals surface area contributed by atoms with Crippen LogP contribution in [0.4, 0.5) is 0 Å². The number of carbonyl (C=O) groups is 1. The van der Waals surface area contributed by atoms with Gasteiger partial charge < -0.3 is 19.0 Å². The molecule has 2 aliphatic rings. The molecular formula is C19H24N2O3. The molecule has 4 rings (SSSR count). The summed E-state index contributed by atoms with van der Waals surface area (Å²) in [6.45, 7) is 5.89. The minimum absolute atomic E-state index is 0.0104. The van der Waals surface area contributed by atoms with Crippen LogP contribution in [0.3, 0.4) is 0 Å². The Labute approximate surface area is 142 Å². The van der Waals surface area contributed by atoms with Crippen molar-refractivity contribution in [2.75, 3.05) is 46.9 Å². The summed E-state index contributed by atoms with van der Waals surface area (Å²) in [6, 6.07) is 7.83. The first kappa shape index (κ1) is 15.7. The maximum atomic E-state index is 13.1. The quantitative estimate of drug-likeness (QED) is 0.868. The third-order valence-corrected chi connectivity index (χ3v) is 5.48. The van der Waals surface area contributed by atoms with Gasteiger partial charge in [0.2, 0.25) is 0 Å². The number of hydrogen-bond donors (Lipinski definition) is 0. The van der Waals surface area contributed by atoms with Gasteiger partial charge in [0.1, 0.15) is 5.58 Å². The standard InChI is InChI=1S/C19H24N2O3/c1-13-15-6-4-5-7-16(15)24-17(13)18(22)21-8-14-9-23-12-19(14,11-21)10-20(2)3/h4-7,14H,8-12H2,1-3H3/t14-,19+/m1/s1. The van der Waals surface area contributed by atoms with E-state index in [1.165, 1.54) is 0 Å². The fourth-order valence-corrected chi connectivity index (χ4v) is 4.36. The Morgan fingerprint density at radius 1 is 1.38 bits per heavy atom. The van der Waals surface area contributed by atoms with Crippen LogP contribution in [0.25, 0.3) is 11.0 Å². The lowest BCUT2D eigenvalue weighted by molar-refractivity contribution is 0.0669. The van der Waals surface area contributed by atoms with Crippen LogP contribution >= 0.6 is 0 Å². The summed E-state index contributed by atoms with van der Waals surface area (Å²) in [5.41, 5.74) is 1.77. The predicted molar refractivity (Wildman–Crippen MR) is 92.2 cm³/mol. The molecule has 5 heteroatoms. The molecule has 0 aliphatic carbocycles. The molecule has 3 heterocycles. The Morgan fingerprint density at radius 3 is 2.92 bits per heavy atom. The smallest absolute Gasteiger partial charge is 0.289 e. The molecule has 1 amide bonds. The molecule has 2 saturated heterocycles. The van der Waals surface area contributed by atoms with E-state index in [0.717, 1.165) is 49.4 Å². The van der Waals surface area contributed by atoms with Crippen molar-refractivity contribution in [1.29, 1.82) is 0 Å². The Kier molecular flexibility index (Phi) is 3.66. The molecule has 0 bridgehead atoms. The van der Waals surface area contributed by atoms with Crippen molar-refractivity contribution in [1.82, 2.24) is 9.80 Å². The fraction of sp³-hybridized carbons (Fsp3) is 0.526. The molecule has 5 nitrogen and oxygen atoms in total. The van der Waals surface area contributed by atoms with Crippen molar-refractivity contribution < 1.29 is 13.9 Å². The van der Waals surface area contributed by atoms with Crippen LogP contribution < -0.4 is 0 Å². The second-order valence-corrected chi connectivity index (χ2v) is 7.55. The first-order valence-corrected chi connectivity index (χ1v) is 8.50.